The van der Waals surface area contributed by atoms with Gasteiger partial charge in [-0.25, -0.2) is 9.78 Å². The number of likely N-dealkylation sites (tertiary alicyclic amines) is 1. The Labute approximate surface area is 168 Å². The van der Waals surface area contributed by atoms with Crippen molar-refractivity contribution in [1.29, 1.82) is 0 Å². The van der Waals surface area contributed by atoms with E-state index in [1.54, 1.807) is 11.8 Å². The molecule has 1 aliphatic carbocycles. The largest absolute Gasteiger partial charge is 0.443 e. The molecule has 1 atom stereocenters. The number of hydrogen-bond donors (Lipinski definition) is 0. The summed E-state index contributed by atoms with van der Waals surface area (Å²) in [6.07, 6.45) is 8.81. The van der Waals surface area contributed by atoms with Gasteiger partial charge in [0.2, 0.25) is 5.91 Å². The van der Waals surface area contributed by atoms with E-state index in [1.807, 2.05) is 44.0 Å². The quantitative estimate of drug-likeness (QED) is 0.744. The molecule has 0 radical (unpaired) electrons. The summed E-state index contributed by atoms with van der Waals surface area (Å²) in [4.78, 5) is 33.2. The number of aromatic nitrogens is 1. The van der Waals surface area contributed by atoms with E-state index in [1.165, 1.54) is 0 Å². The Morgan fingerprint density at radius 2 is 1.79 bits per heavy atom. The van der Waals surface area contributed by atoms with Gasteiger partial charge in [0.25, 0.3) is 0 Å². The summed E-state index contributed by atoms with van der Waals surface area (Å²) in [5.41, 5.74) is 0.493. The molecular weight excluding hydrogens is 354 g/mol. The fourth-order valence-corrected chi connectivity index (χ4v) is 4.30. The van der Waals surface area contributed by atoms with Crippen LogP contribution in [0.1, 0.15) is 84.2 Å². The van der Waals surface area contributed by atoms with Gasteiger partial charge in [-0.15, -0.1) is 0 Å². The van der Waals surface area contributed by atoms with Gasteiger partial charge in [0, 0.05) is 25.7 Å². The molecule has 2 aliphatic rings. The van der Waals surface area contributed by atoms with Crippen molar-refractivity contribution in [3.63, 3.8) is 0 Å². The normalized spacial score (nSPS) is 20.9. The first-order chi connectivity index (χ1) is 13.3. The molecule has 1 saturated heterocycles. The fourth-order valence-electron chi connectivity index (χ4n) is 4.30. The number of carbonyl (C=O) groups excluding carboxylic acids is 2. The van der Waals surface area contributed by atoms with Crippen LogP contribution in [0, 0.1) is 0 Å². The van der Waals surface area contributed by atoms with Crippen molar-refractivity contribution in [2.45, 2.75) is 90.3 Å². The molecule has 0 bridgehead atoms. The maximum absolute atomic E-state index is 12.9. The number of hydrogen-bond acceptors (Lipinski definition) is 4. The first kappa shape index (κ1) is 20.6. The van der Waals surface area contributed by atoms with Crippen molar-refractivity contribution in [2.24, 2.45) is 0 Å². The molecule has 1 saturated carbocycles. The monoisotopic (exact) mass is 387 g/mol. The highest BCUT2D eigenvalue weighted by atomic mass is 16.6. The molecular formula is C22H33N3O3. The zero-order chi connectivity index (χ0) is 20.3. The first-order valence-electron chi connectivity index (χ1n) is 10.5. The topological polar surface area (TPSA) is 62.7 Å². The highest BCUT2D eigenvalue weighted by Gasteiger charge is 2.33. The Bertz CT molecular complexity index is 690. The third-order valence-electron chi connectivity index (χ3n) is 5.59. The van der Waals surface area contributed by atoms with Crippen molar-refractivity contribution < 1.29 is 14.3 Å². The van der Waals surface area contributed by atoms with Crippen LogP contribution in [0.2, 0.25) is 0 Å². The van der Waals surface area contributed by atoms with Crippen LogP contribution in [0.5, 0.6) is 0 Å². The lowest BCUT2D eigenvalue weighted by Crippen LogP contribution is -2.43. The molecule has 3 rings (SSSR count). The Morgan fingerprint density at radius 1 is 1.11 bits per heavy atom. The number of carbonyl (C=O) groups is 2. The van der Waals surface area contributed by atoms with E-state index in [9.17, 15) is 9.59 Å². The van der Waals surface area contributed by atoms with Gasteiger partial charge >= 0.3 is 6.09 Å². The summed E-state index contributed by atoms with van der Waals surface area (Å²) >= 11 is 0. The van der Waals surface area contributed by atoms with Gasteiger partial charge in [0.15, 0.2) is 0 Å². The number of amides is 2. The van der Waals surface area contributed by atoms with Gasteiger partial charge in [-0.3, -0.25) is 9.69 Å². The lowest BCUT2D eigenvalue weighted by Gasteiger charge is -2.35. The predicted molar refractivity (Wildman–Crippen MR) is 109 cm³/mol. The SMILES string of the molecule is CC(=O)N1CCCCC1c1ccc(N(C(=O)OC(C)(C)C)C2CCCC2)nc1. The van der Waals surface area contributed by atoms with Crippen molar-refractivity contribution in [3.8, 4) is 0 Å². The Balaban J connectivity index is 1.83. The molecule has 1 aromatic rings. The maximum Gasteiger partial charge on any atom is 0.416 e. The van der Waals surface area contributed by atoms with E-state index >= 15 is 0 Å². The standard InChI is InChI=1S/C22H33N3O3/c1-16(26)24-14-8-7-11-19(24)17-12-13-20(23-15-17)25(18-9-5-6-10-18)21(27)28-22(2,3)4/h12-13,15,18-19H,5-11,14H2,1-4H3. The Kier molecular flexibility index (Phi) is 6.26. The highest BCUT2D eigenvalue weighted by Crippen LogP contribution is 2.33. The van der Waals surface area contributed by atoms with Gasteiger partial charge in [-0.1, -0.05) is 18.9 Å². The summed E-state index contributed by atoms with van der Waals surface area (Å²) in [6, 6.07) is 4.14. The summed E-state index contributed by atoms with van der Waals surface area (Å²) in [5, 5.41) is 0. The third-order valence-corrected chi connectivity index (χ3v) is 5.59. The highest BCUT2D eigenvalue weighted by molar-refractivity contribution is 5.87. The Hall–Kier alpha value is -2.11. The molecule has 2 amide bonds. The van der Waals surface area contributed by atoms with E-state index in [4.69, 9.17) is 4.74 Å². The van der Waals surface area contributed by atoms with Gasteiger partial charge in [-0.05, 0) is 64.5 Å². The summed E-state index contributed by atoms with van der Waals surface area (Å²) in [5.74, 6) is 0.741. The van der Waals surface area contributed by atoms with Crippen LogP contribution in [0.25, 0.3) is 0 Å². The van der Waals surface area contributed by atoms with Crippen molar-refractivity contribution in [3.05, 3.63) is 23.9 Å². The van der Waals surface area contributed by atoms with Crippen LogP contribution in [0.15, 0.2) is 18.3 Å². The molecule has 1 aromatic heterocycles. The minimum absolute atomic E-state index is 0.0780. The number of piperidine rings is 1. The number of pyridine rings is 1. The summed E-state index contributed by atoms with van der Waals surface area (Å²) < 4.78 is 5.66. The van der Waals surface area contributed by atoms with E-state index in [0.717, 1.165) is 57.1 Å². The number of rotatable bonds is 3. The van der Waals surface area contributed by atoms with Gasteiger partial charge in [0.1, 0.15) is 11.4 Å². The van der Waals surface area contributed by atoms with Crippen LogP contribution in [0.4, 0.5) is 10.6 Å². The second-order valence-corrected chi connectivity index (χ2v) is 8.96. The molecule has 2 heterocycles. The molecule has 0 N–H and O–H groups in total. The van der Waals surface area contributed by atoms with Crippen molar-refractivity contribution in [1.82, 2.24) is 9.88 Å². The third kappa shape index (κ3) is 4.83. The average Bonchev–Trinajstić information content (AvgIpc) is 3.15. The van der Waals surface area contributed by atoms with Gasteiger partial charge in [-0.2, -0.15) is 0 Å². The Morgan fingerprint density at radius 3 is 2.36 bits per heavy atom. The van der Waals surface area contributed by atoms with Crippen molar-refractivity contribution >= 4 is 17.8 Å². The second kappa shape index (κ2) is 8.50. The van der Waals surface area contributed by atoms with Crippen LogP contribution < -0.4 is 4.90 Å². The summed E-state index contributed by atoms with van der Waals surface area (Å²) in [7, 11) is 0. The van der Waals surface area contributed by atoms with Gasteiger partial charge in [0.05, 0.1) is 6.04 Å². The van der Waals surface area contributed by atoms with E-state index in [-0.39, 0.29) is 24.1 Å². The smallest absolute Gasteiger partial charge is 0.416 e. The molecule has 6 nitrogen and oxygen atoms in total. The van der Waals surface area contributed by atoms with E-state index in [2.05, 4.69) is 4.98 Å². The van der Waals surface area contributed by atoms with E-state index < -0.39 is 5.60 Å². The predicted octanol–water partition coefficient (Wildman–Crippen LogP) is 4.84. The fraction of sp³-hybridized carbons (Fsp3) is 0.682. The molecule has 0 spiro atoms. The molecule has 1 aliphatic heterocycles. The molecule has 0 aromatic carbocycles. The molecule has 2 fully saturated rings. The maximum atomic E-state index is 12.9. The average molecular weight is 388 g/mol. The first-order valence-corrected chi connectivity index (χ1v) is 10.5. The number of nitrogens with zero attached hydrogens (tertiary/aromatic N) is 3. The van der Waals surface area contributed by atoms with Crippen molar-refractivity contribution in [2.75, 3.05) is 11.4 Å². The lowest BCUT2D eigenvalue weighted by atomic mass is 9.96. The van der Waals surface area contributed by atoms with E-state index in [0.29, 0.717) is 5.82 Å². The van der Waals surface area contributed by atoms with Crippen LogP contribution >= 0.6 is 0 Å². The molecule has 6 heteroatoms. The minimum Gasteiger partial charge on any atom is -0.443 e. The number of anilines is 1. The summed E-state index contributed by atoms with van der Waals surface area (Å²) in [6.45, 7) is 8.08. The zero-order valence-electron chi connectivity index (χ0n) is 17.6. The van der Waals surface area contributed by atoms with Crippen LogP contribution in [0.3, 0.4) is 0 Å². The lowest BCUT2D eigenvalue weighted by molar-refractivity contribution is -0.132. The van der Waals surface area contributed by atoms with Crippen LogP contribution in [-0.2, 0) is 9.53 Å². The van der Waals surface area contributed by atoms with Crippen LogP contribution in [-0.4, -0.2) is 40.1 Å². The molecule has 154 valence electrons. The zero-order valence-corrected chi connectivity index (χ0v) is 17.6. The van der Waals surface area contributed by atoms with Gasteiger partial charge < -0.3 is 9.64 Å². The minimum atomic E-state index is -0.544. The second-order valence-electron chi connectivity index (χ2n) is 8.96. The molecule has 1 unspecified atom stereocenters. The number of ether oxygens (including phenoxy) is 1. The molecule has 28 heavy (non-hydrogen) atoms.